The van der Waals surface area contributed by atoms with Gasteiger partial charge in [-0.05, 0) is 49.2 Å². The number of anilines is 3. The summed E-state index contributed by atoms with van der Waals surface area (Å²) in [5, 5.41) is 3.10. The Bertz CT molecular complexity index is 994. The molecule has 1 aromatic heterocycles. The minimum Gasteiger partial charge on any atom is -0.459 e. The van der Waals surface area contributed by atoms with Gasteiger partial charge in [0.2, 0.25) is 5.91 Å². The molecule has 2 aromatic carbocycles. The lowest BCUT2D eigenvalue weighted by molar-refractivity contribution is -0.121. The molecule has 0 atom stereocenters. The first-order chi connectivity index (χ1) is 14.6. The van der Waals surface area contributed by atoms with E-state index >= 15 is 0 Å². The average Bonchev–Trinajstić information content (AvgIpc) is 3.34. The van der Waals surface area contributed by atoms with Crippen molar-refractivity contribution < 1.29 is 14.0 Å². The molecule has 1 saturated heterocycles. The molecule has 2 heterocycles. The van der Waals surface area contributed by atoms with Gasteiger partial charge in [0.25, 0.3) is 5.91 Å². The largest absolute Gasteiger partial charge is 0.459 e. The fourth-order valence-corrected chi connectivity index (χ4v) is 3.80. The lowest BCUT2D eigenvalue weighted by atomic mass is 9.95. The number of carbonyl (C=O) groups is 2. The number of hydrogen-bond donors (Lipinski definition) is 1. The van der Waals surface area contributed by atoms with Gasteiger partial charge >= 0.3 is 0 Å². The number of likely N-dealkylation sites (tertiary alicyclic amines) is 1. The highest BCUT2D eigenvalue weighted by molar-refractivity contribution is 5.97. The Morgan fingerprint density at radius 3 is 2.37 bits per heavy atom. The topological polar surface area (TPSA) is 65.8 Å². The Hall–Kier alpha value is -3.54. The van der Waals surface area contributed by atoms with Crippen LogP contribution in [0.25, 0.3) is 0 Å². The van der Waals surface area contributed by atoms with Crippen molar-refractivity contribution in [2.45, 2.75) is 12.8 Å². The zero-order chi connectivity index (χ0) is 20.9. The number of carbonyl (C=O) groups excluding carboxylic acids is 2. The van der Waals surface area contributed by atoms with Gasteiger partial charge in [-0.15, -0.1) is 0 Å². The Balaban J connectivity index is 1.40. The van der Waals surface area contributed by atoms with Crippen LogP contribution in [0.4, 0.5) is 17.1 Å². The van der Waals surface area contributed by atoms with Crippen molar-refractivity contribution in [1.82, 2.24) is 4.90 Å². The molecule has 154 valence electrons. The summed E-state index contributed by atoms with van der Waals surface area (Å²) in [6.45, 7) is 1.09. The molecule has 0 aliphatic carbocycles. The minimum absolute atomic E-state index is 0.00555. The van der Waals surface area contributed by atoms with Crippen molar-refractivity contribution in [3.05, 3.63) is 78.8 Å². The van der Waals surface area contributed by atoms with Crippen molar-refractivity contribution in [1.29, 1.82) is 0 Å². The van der Waals surface area contributed by atoms with Crippen LogP contribution in [0.5, 0.6) is 0 Å². The van der Waals surface area contributed by atoms with E-state index in [4.69, 9.17) is 4.42 Å². The fraction of sp³-hybridized carbons (Fsp3) is 0.250. The van der Waals surface area contributed by atoms with Crippen LogP contribution in [-0.2, 0) is 4.79 Å². The molecule has 30 heavy (non-hydrogen) atoms. The van der Waals surface area contributed by atoms with E-state index in [0.29, 0.717) is 31.7 Å². The highest BCUT2D eigenvalue weighted by Gasteiger charge is 2.29. The SMILES string of the molecule is CN(c1ccccc1)c1ccccc1NC(=O)C1CCN(C(=O)c2ccco2)CC1. The Kier molecular flexibility index (Phi) is 5.84. The van der Waals surface area contributed by atoms with Crippen LogP contribution in [0.15, 0.2) is 77.4 Å². The summed E-state index contributed by atoms with van der Waals surface area (Å²) in [5.74, 6) is 0.0965. The quantitative estimate of drug-likeness (QED) is 0.679. The summed E-state index contributed by atoms with van der Waals surface area (Å²) >= 11 is 0. The summed E-state index contributed by atoms with van der Waals surface area (Å²) in [7, 11) is 1.99. The van der Waals surface area contributed by atoms with Gasteiger partial charge in [0, 0.05) is 31.7 Å². The lowest BCUT2D eigenvalue weighted by Crippen LogP contribution is -2.41. The van der Waals surface area contributed by atoms with E-state index in [1.54, 1.807) is 17.0 Å². The third-order valence-corrected chi connectivity index (χ3v) is 5.55. The Morgan fingerprint density at radius 2 is 1.67 bits per heavy atom. The minimum atomic E-state index is -0.124. The molecular formula is C24H25N3O3. The summed E-state index contributed by atoms with van der Waals surface area (Å²) < 4.78 is 5.20. The molecule has 4 rings (SSSR count). The number of benzene rings is 2. The van der Waals surface area contributed by atoms with Crippen LogP contribution in [-0.4, -0.2) is 36.9 Å². The van der Waals surface area contributed by atoms with Gasteiger partial charge in [-0.3, -0.25) is 9.59 Å². The molecular weight excluding hydrogens is 378 g/mol. The van der Waals surface area contributed by atoms with Crippen molar-refractivity contribution in [2.75, 3.05) is 30.4 Å². The van der Waals surface area contributed by atoms with Gasteiger partial charge in [-0.1, -0.05) is 30.3 Å². The first kappa shape index (κ1) is 19.8. The Morgan fingerprint density at radius 1 is 0.967 bits per heavy atom. The summed E-state index contributed by atoms with van der Waals surface area (Å²) in [5.41, 5.74) is 2.76. The van der Waals surface area contributed by atoms with Crippen LogP contribution in [0.3, 0.4) is 0 Å². The van der Waals surface area contributed by atoms with Crippen molar-refractivity contribution >= 4 is 28.9 Å². The number of furan rings is 1. The highest BCUT2D eigenvalue weighted by Crippen LogP contribution is 2.31. The van der Waals surface area contributed by atoms with Gasteiger partial charge < -0.3 is 19.5 Å². The zero-order valence-corrected chi connectivity index (χ0v) is 17.0. The van der Waals surface area contributed by atoms with E-state index in [-0.39, 0.29) is 17.7 Å². The molecule has 1 N–H and O–H groups in total. The lowest BCUT2D eigenvalue weighted by Gasteiger charge is -2.31. The molecule has 3 aromatic rings. The Labute approximate surface area is 176 Å². The number of piperidine rings is 1. The van der Waals surface area contributed by atoms with Crippen LogP contribution in [0, 0.1) is 5.92 Å². The number of nitrogens with one attached hydrogen (secondary N) is 1. The van der Waals surface area contributed by atoms with Crippen molar-refractivity contribution in [2.24, 2.45) is 5.92 Å². The van der Waals surface area contributed by atoms with E-state index < -0.39 is 0 Å². The van der Waals surface area contributed by atoms with Gasteiger partial charge in [0.1, 0.15) is 0 Å². The second kappa shape index (κ2) is 8.86. The zero-order valence-electron chi connectivity index (χ0n) is 17.0. The van der Waals surface area contributed by atoms with E-state index in [1.165, 1.54) is 6.26 Å². The van der Waals surface area contributed by atoms with Gasteiger partial charge in [-0.2, -0.15) is 0 Å². The molecule has 0 saturated carbocycles. The van der Waals surface area contributed by atoms with Gasteiger partial charge in [0.15, 0.2) is 5.76 Å². The van der Waals surface area contributed by atoms with Crippen LogP contribution in [0.1, 0.15) is 23.4 Å². The number of para-hydroxylation sites is 3. The average molecular weight is 403 g/mol. The smallest absolute Gasteiger partial charge is 0.289 e. The molecule has 1 fully saturated rings. The normalized spacial score (nSPS) is 14.4. The van der Waals surface area contributed by atoms with Gasteiger partial charge in [0.05, 0.1) is 17.6 Å². The number of rotatable bonds is 5. The highest BCUT2D eigenvalue weighted by atomic mass is 16.3. The molecule has 6 heteroatoms. The third kappa shape index (κ3) is 4.22. The molecule has 0 unspecified atom stereocenters. The third-order valence-electron chi connectivity index (χ3n) is 5.55. The number of amides is 2. The summed E-state index contributed by atoms with van der Waals surface area (Å²) in [6.07, 6.45) is 2.77. The maximum Gasteiger partial charge on any atom is 0.289 e. The second-order valence-corrected chi connectivity index (χ2v) is 7.44. The monoisotopic (exact) mass is 403 g/mol. The first-order valence-corrected chi connectivity index (χ1v) is 10.1. The van der Waals surface area contributed by atoms with E-state index in [1.807, 2.05) is 61.6 Å². The summed E-state index contributed by atoms with van der Waals surface area (Å²) in [4.78, 5) is 29.1. The standard InChI is InChI=1S/C24H25N3O3/c1-26(19-8-3-2-4-9-19)21-11-6-5-10-20(21)25-23(28)18-13-15-27(16-14-18)24(29)22-12-7-17-30-22/h2-12,17-18H,13-16H2,1H3,(H,25,28). The van der Waals surface area contributed by atoms with E-state index in [9.17, 15) is 9.59 Å². The van der Waals surface area contributed by atoms with Crippen LogP contribution >= 0.6 is 0 Å². The molecule has 6 nitrogen and oxygen atoms in total. The van der Waals surface area contributed by atoms with Crippen LogP contribution in [0.2, 0.25) is 0 Å². The molecule has 1 aliphatic heterocycles. The molecule has 0 bridgehead atoms. The van der Waals surface area contributed by atoms with Crippen molar-refractivity contribution in [3.8, 4) is 0 Å². The predicted molar refractivity (Wildman–Crippen MR) is 117 cm³/mol. The molecule has 2 amide bonds. The second-order valence-electron chi connectivity index (χ2n) is 7.44. The fourth-order valence-electron chi connectivity index (χ4n) is 3.80. The van der Waals surface area contributed by atoms with Crippen molar-refractivity contribution in [3.63, 3.8) is 0 Å². The maximum absolute atomic E-state index is 12.9. The maximum atomic E-state index is 12.9. The number of hydrogen-bond acceptors (Lipinski definition) is 4. The predicted octanol–water partition coefficient (Wildman–Crippen LogP) is 4.54. The van der Waals surface area contributed by atoms with E-state index in [0.717, 1.165) is 17.1 Å². The first-order valence-electron chi connectivity index (χ1n) is 10.1. The summed E-state index contributed by atoms with van der Waals surface area (Å²) in [6, 6.07) is 21.2. The van der Waals surface area contributed by atoms with E-state index in [2.05, 4.69) is 10.2 Å². The molecule has 0 spiro atoms. The van der Waals surface area contributed by atoms with Gasteiger partial charge in [-0.25, -0.2) is 0 Å². The number of nitrogens with zero attached hydrogens (tertiary/aromatic N) is 2. The van der Waals surface area contributed by atoms with Crippen LogP contribution < -0.4 is 10.2 Å². The molecule has 1 aliphatic rings. The molecule has 0 radical (unpaired) electrons.